The number of nitrogens with zero attached hydrogens (tertiary/aromatic N) is 3. The van der Waals surface area contributed by atoms with Crippen molar-refractivity contribution in [3.05, 3.63) is 88.2 Å². The lowest BCUT2D eigenvalue weighted by Crippen LogP contribution is -2.31. The second-order valence-electron chi connectivity index (χ2n) is 6.79. The Bertz CT molecular complexity index is 1220. The quantitative estimate of drug-likeness (QED) is 0.575. The van der Waals surface area contributed by atoms with Crippen LogP contribution in [0.2, 0.25) is 0 Å². The van der Waals surface area contributed by atoms with Gasteiger partial charge in [0.2, 0.25) is 0 Å². The van der Waals surface area contributed by atoms with E-state index in [-0.39, 0.29) is 12.2 Å². The number of hydrogen-bond acceptors (Lipinski definition) is 6. The largest absolute Gasteiger partial charge is 0.416 e. The Morgan fingerprint density at radius 1 is 1.19 bits per heavy atom. The van der Waals surface area contributed by atoms with Gasteiger partial charge in [0.25, 0.3) is 5.91 Å². The van der Waals surface area contributed by atoms with Crippen LogP contribution in [0.4, 0.5) is 19.0 Å². The number of anilines is 1. The number of alkyl halides is 3. The lowest BCUT2D eigenvalue weighted by Gasteiger charge is -2.25. The minimum Gasteiger partial charge on any atom is -0.328 e. The van der Waals surface area contributed by atoms with E-state index in [0.717, 1.165) is 12.1 Å². The van der Waals surface area contributed by atoms with Crippen LogP contribution in [-0.4, -0.2) is 28.7 Å². The number of allylic oxidation sites excluding steroid dienone is 1. The molecule has 3 aromatic rings. The number of hydrogen-bond donors (Lipinski definition) is 1. The van der Waals surface area contributed by atoms with Gasteiger partial charge in [-0.3, -0.25) is 9.59 Å². The van der Waals surface area contributed by atoms with Gasteiger partial charge < -0.3 is 10.2 Å². The van der Waals surface area contributed by atoms with Gasteiger partial charge in [0.05, 0.1) is 29.0 Å². The molecule has 0 saturated carbocycles. The van der Waals surface area contributed by atoms with Gasteiger partial charge >= 0.3 is 6.18 Å². The fourth-order valence-corrected chi connectivity index (χ4v) is 3.61. The van der Waals surface area contributed by atoms with E-state index >= 15 is 0 Å². The maximum Gasteiger partial charge on any atom is 0.416 e. The number of thiazole rings is 1. The lowest BCUT2D eigenvalue weighted by molar-refractivity contribution is -0.137. The van der Waals surface area contributed by atoms with Crippen molar-refractivity contribution in [1.29, 1.82) is 0 Å². The molecule has 162 valence electrons. The smallest absolute Gasteiger partial charge is 0.328 e. The van der Waals surface area contributed by atoms with Crippen LogP contribution in [0.25, 0.3) is 11.3 Å². The predicted octanol–water partition coefficient (Wildman–Crippen LogP) is 4.44. The number of halogens is 3. The molecule has 0 fully saturated rings. The van der Waals surface area contributed by atoms with Crippen LogP contribution in [0.1, 0.15) is 16.1 Å². The fourth-order valence-electron chi connectivity index (χ4n) is 3.08. The standard InChI is InChI=1S/C22H15F3N4O2S/c23-22(24,25)16-4-1-3-14(9-16)17-5-2-6-20(27-17)29-8-7-18(15(10-29)11-30)28-21(31)19-12-32-13-26-19/h1-9,11-13H,10H2,(H,28,31). The molecule has 2 aromatic heterocycles. The molecule has 1 aliphatic rings. The molecule has 1 aromatic carbocycles. The molecular weight excluding hydrogens is 441 g/mol. The molecular formula is C22H15F3N4O2S. The molecule has 32 heavy (non-hydrogen) atoms. The number of carbonyl (C=O) groups excluding carboxylic acids is 2. The summed E-state index contributed by atoms with van der Waals surface area (Å²) in [5.74, 6) is 0.0174. The number of carbonyl (C=O) groups is 2. The van der Waals surface area contributed by atoms with E-state index < -0.39 is 17.6 Å². The molecule has 1 N–H and O–H groups in total. The highest BCUT2D eigenvalue weighted by Gasteiger charge is 2.30. The van der Waals surface area contributed by atoms with E-state index in [1.54, 1.807) is 46.8 Å². The minimum atomic E-state index is -4.45. The summed E-state index contributed by atoms with van der Waals surface area (Å²) in [6.45, 7) is 0.131. The highest BCUT2D eigenvalue weighted by atomic mass is 32.1. The van der Waals surface area contributed by atoms with Crippen molar-refractivity contribution < 1.29 is 22.8 Å². The van der Waals surface area contributed by atoms with Crippen LogP contribution < -0.4 is 10.2 Å². The van der Waals surface area contributed by atoms with Gasteiger partial charge in [0.1, 0.15) is 17.8 Å². The summed E-state index contributed by atoms with van der Waals surface area (Å²) in [5, 5.41) is 4.26. The summed E-state index contributed by atoms with van der Waals surface area (Å²) in [4.78, 5) is 33.9. The molecule has 0 spiro atoms. The number of aromatic nitrogens is 2. The van der Waals surface area contributed by atoms with E-state index in [2.05, 4.69) is 15.3 Å². The normalized spacial score (nSPS) is 13.9. The molecule has 0 aliphatic carbocycles. The molecule has 0 unspecified atom stereocenters. The van der Waals surface area contributed by atoms with Crippen molar-refractivity contribution >= 4 is 29.3 Å². The van der Waals surface area contributed by atoms with Crippen LogP contribution in [0.3, 0.4) is 0 Å². The summed E-state index contributed by atoms with van der Waals surface area (Å²) >= 11 is 1.28. The Morgan fingerprint density at radius 2 is 2.00 bits per heavy atom. The van der Waals surface area contributed by atoms with Crippen molar-refractivity contribution in [2.45, 2.75) is 6.18 Å². The Hall–Kier alpha value is -3.79. The zero-order valence-electron chi connectivity index (χ0n) is 16.3. The van der Waals surface area contributed by atoms with Gasteiger partial charge in [-0.15, -0.1) is 11.3 Å². The first kappa shape index (κ1) is 21.4. The molecule has 1 amide bonds. The number of pyridine rings is 1. The number of amides is 1. The number of aldehydes is 1. The third-order valence-electron chi connectivity index (χ3n) is 4.68. The second kappa shape index (κ2) is 8.75. The van der Waals surface area contributed by atoms with Crippen LogP contribution in [0.15, 0.2) is 76.9 Å². The fraction of sp³-hybridized carbons (Fsp3) is 0.0909. The lowest BCUT2D eigenvalue weighted by atomic mass is 10.1. The third kappa shape index (κ3) is 4.59. The first-order chi connectivity index (χ1) is 15.3. The number of rotatable bonds is 5. The Balaban J connectivity index is 1.56. The van der Waals surface area contributed by atoms with E-state index in [1.807, 2.05) is 0 Å². The van der Waals surface area contributed by atoms with Crippen molar-refractivity contribution in [3.8, 4) is 11.3 Å². The zero-order valence-corrected chi connectivity index (χ0v) is 17.2. The van der Waals surface area contributed by atoms with Gasteiger partial charge in [-0.2, -0.15) is 13.2 Å². The van der Waals surface area contributed by atoms with Gasteiger partial charge in [-0.25, -0.2) is 9.97 Å². The van der Waals surface area contributed by atoms with Crippen molar-refractivity contribution in [2.24, 2.45) is 0 Å². The monoisotopic (exact) mass is 456 g/mol. The van der Waals surface area contributed by atoms with Crippen molar-refractivity contribution in [2.75, 3.05) is 11.4 Å². The van der Waals surface area contributed by atoms with Gasteiger partial charge in [-0.1, -0.05) is 18.2 Å². The van der Waals surface area contributed by atoms with E-state index in [1.165, 1.54) is 22.9 Å². The molecule has 10 heteroatoms. The molecule has 0 radical (unpaired) electrons. The number of nitrogens with one attached hydrogen (secondary N) is 1. The zero-order chi connectivity index (χ0) is 22.7. The van der Waals surface area contributed by atoms with Gasteiger partial charge in [-0.05, 0) is 30.3 Å². The molecule has 1 aliphatic heterocycles. The van der Waals surface area contributed by atoms with E-state index in [9.17, 15) is 22.8 Å². The summed E-state index contributed by atoms with van der Waals surface area (Å²) in [6, 6.07) is 9.90. The summed E-state index contributed by atoms with van der Waals surface area (Å²) in [6.07, 6.45) is -0.603. The summed E-state index contributed by atoms with van der Waals surface area (Å²) < 4.78 is 39.1. The van der Waals surface area contributed by atoms with Crippen molar-refractivity contribution in [1.82, 2.24) is 15.3 Å². The molecule has 4 rings (SSSR count). The maximum absolute atomic E-state index is 13.0. The summed E-state index contributed by atoms with van der Waals surface area (Å²) in [7, 11) is 0. The van der Waals surface area contributed by atoms with E-state index in [4.69, 9.17) is 0 Å². The highest BCUT2D eigenvalue weighted by molar-refractivity contribution is 7.07. The Morgan fingerprint density at radius 3 is 2.72 bits per heavy atom. The van der Waals surface area contributed by atoms with Gasteiger partial charge in [0.15, 0.2) is 0 Å². The van der Waals surface area contributed by atoms with Crippen molar-refractivity contribution in [3.63, 3.8) is 0 Å². The van der Waals surface area contributed by atoms with Gasteiger partial charge in [0, 0.05) is 22.7 Å². The third-order valence-corrected chi connectivity index (χ3v) is 5.26. The number of benzene rings is 1. The van der Waals surface area contributed by atoms with Crippen LogP contribution in [-0.2, 0) is 11.0 Å². The minimum absolute atomic E-state index is 0.131. The predicted molar refractivity (Wildman–Crippen MR) is 114 cm³/mol. The highest BCUT2D eigenvalue weighted by Crippen LogP contribution is 2.32. The van der Waals surface area contributed by atoms with E-state index in [0.29, 0.717) is 34.6 Å². The molecule has 6 nitrogen and oxygen atoms in total. The molecule has 3 heterocycles. The molecule has 0 saturated heterocycles. The maximum atomic E-state index is 13.0. The van der Waals surface area contributed by atoms with Crippen LogP contribution in [0, 0.1) is 0 Å². The Kier molecular flexibility index (Phi) is 5.87. The first-order valence-corrected chi connectivity index (χ1v) is 10.3. The first-order valence-electron chi connectivity index (χ1n) is 9.32. The SMILES string of the molecule is O=CC1=C(NC(=O)c2cscn2)C=CN(c2cccc(-c3cccc(C(F)(F)F)c3)n2)C1. The average Bonchev–Trinajstić information content (AvgIpc) is 3.34. The molecule has 0 bridgehead atoms. The molecule has 0 atom stereocenters. The second-order valence-corrected chi connectivity index (χ2v) is 7.51. The van der Waals surface area contributed by atoms with Crippen LogP contribution >= 0.6 is 11.3 Å². The van der Waals surface area contributed by atoms with Crippen LogP contribution in [0.5, 0.6) is 0 Å². The average molecular weight is 456 g/mol. The summed E-state index contributed by atoms with van der Waals surface area (Å²) in [5.41, 5.74) is 2.38. The Labute approximate surface area is 184 Å². The topological polar surface area (TPSA) is 75.2 Å².